The maximum absolute atomic E-state index is 13.3. The molecule has 0 atom stereocenters. The number of fused-ring (bicyclic) bond motifs is 1. The van der Waals surface area contributed by atoms with Gasteiger partial charge in [-0.2, -0.15) is 0 Å². The van der Waals surface area contributed by atoms with Crippen molar-refractivity contribution in [1.82, 2.24) is 4.98 Å². The molecule has 1 aromatic heterocycles. The fourth-order valence-corrected chi connectivity index (χ4v) is 1.92. The summed E-state index contributed by atoms with van der Waals surface area (Å²) in [6.45, 7) is 1.75. The smallest absolute Gasteiger partial charge is 0.307 e. The number of hydrogen-bond donors (Lipinski definition) is 2. The Hall–Kier alpha value is -1.55. The molecule has 0 radical (unpaired) electrons. The van der Waals surface area contributed by atoms with Crippen molar-refractivity contribution in [3.05, 3.63) is 34.2 Å². The summed E-state index contributed by atoms with van der Waals surface area (Å²) in [5.74, 6) is -1.49. The maximum Gasteiger partial charge on any atom is 0.307 e. The summed E-state index contributed by atoms with van der Waals surface area (Å²) in [6.07, 6.45) is -0.132. The monoisotopic (exact) mass is 241 g/mol. The molecule has 0 spiro atoms. The van der Waals surface area contributed by atoms with E-state index < -0.39 is 11.8 Å². The summed E-state index contributed by atoms with van der Waals surface area (Å²) in [6, 6.07) is 2.73. The average Bonchev–Trinajstić information content (AvgIpc) is 2.45. The van der Waals surface area contributed by atoms with Crippen LogP contribution in [0.15, 0.2) is 12.1 Å². The first-order chi connectivity index (χ1) is 7.49. The Bertz CT molecular complexity index is 577. The lowest BCUT2D eigenvalue weighted by Crippen LogP contribution is -2.00. The highest BCUT2D eigenvalue weighted by molar-refractivity contribution is 6.31. The van der Waals surface area contributed by atoms with Crippen molar-refractivity contribution < 1.29 is 14.3 Å². The minimum Gasteiger partial charge on any atom is -0.481 e. The van der Waals surface area contributed by atoms with E-state index in [0.717, 1.165) is 5.69 Å². The lowest BCUT2D eigenvalue weighted by molar-refractivity contribution is -0.136. The van der Waals surface area contributed by atoms with Gasteiger partial charge < -0.3 is 10.1 Å². The first-order valence-electron chi connectivity index (χ1n) is 4.67. The van der Waals surface area contributed by atoms with Gasteiger partial charge in [-0.25, -0.2) is 4.39 Å². The molecule has 84 valence electrons. The Labute approximate surface area is 95.8 Å². The Kier molecular flexibility index (Phi) is 2.59. The number of hydrogen-bond acceptors (Lipinski definition) is 1. The molecule has 1 aromatic carbocycles. The molecular formula is C11H9ClFNO2. The zero-order chi connectivity index (χ0) is 11.9. The molecular weight excluding hydrogens is 233 g/mol. The molecule has 0 fully saturated rings. The van der Waals surface area contributed by atoms with Crippen LogP contribution in [0.2, 0.25) is 5.02 Å². The first-order valence-corrected chi connectivity index (χ1v) is 5.05. The van der Waals surface area contributed by atoms with Gasteiger partial charge in [0.05, 0.1) is 11.4 Å². The van der Waals surface area contributed by atoms with Gasteiger partial charge in [0.25, 0.3) is 0 Å². The molecule has 16 heavy (non-hydrogen) atoms. The van der Waals surface area contributed by atoms with Crippen molar-refractivity contribution >= 4 is 28.5 Å². The third kappa shape index (κ3) is 1.76. The van der Waals surface area contributed by atoms with Crippen molar-refractivity contribution in [1.29, 1.82) is 0 Å². The summed E-state index contributed by atoms with van der Waals surface area (Å²) in [7, 11) is 0. The minimum atomic E-state index is -0.945. The summed E-state index contributed by atoms with van der Waals surface area (Å²) >= 11 is 5.64. The number of halogens is 2. The van der Waals surface area contributed by atoms with Crippen LogP contribution in [-0.4, -0.2) is 16.1 Å². The van der Waals surface area contributed by atoms with Crippen LogP contribution in [0.1, 0.15) is 11.3 Å². The van der Waals surface area contributed by atoms with E-state index in [9.17, 15) is 9.18 Å². The summed E-state index contributed by atoms with van der Waals surface area (Å²) < 4.78 is 13.3. The number of H-pyrrole nitrogens is 1. The van der Waals surface area contributed by atoms with Crippen LogP contribution in [0.3, 0.4) is 0 Å². The molecule has 0 saturated carbocycles. The Morgan fingerprint density at radius 3 is 2.88 bits per heavy atom. The SMILES string of the molecule is Cc1[nH]c2cc(Cl)c(F)cc2c1CC(=O)O. The van der Waals surface area contributed by atoms with E-state index in [-0.39, 0.29) is 11.4 Å². The molecule has 5 heteroatoms. The van der Waals surface area contributed by atoms with Crippen molar-refractivity contribution in [2.45, 2.75) is 13.3 Å². The molecule has 3 nitrogen and oxygen atoms in total. The molecule has 0 saturated heterocycles. The lowest BCUT2D eigenvalue weighted by Gasteiger charge is -1.98. The van der Waals surface area contributed by atoms with Crippen molar-refractivity contribution in [2.75, 3.05) is 0 Å². The van der Waals surface area contributed by atoms with Gasteiger partial charge in [0.2, 0.25) is 0 Å². The van der Waals surface area contributed by atoms with Gasteiger partial charge in [0.15, 0.2) is 0 Å². The third-order valence-electron chi connectivity index (χ3n) is 2.49. The van der Waals surface area contributed by atoms with E-state index in [1.54, 1.807) is 6.92 Å². The zero-order valence-electron chi connectivity index (χ0n) is 8.47. The fraction of sp³-hybridized carbons (Fsp3) is 0.182. The minimum absolute atomic E-state index is 0.0237. The largest absolute Gasteiger partial charge is 0.481 e. The van der Waals surface area contributed by atoms with Gasteiger partial charge >= 0.3 is 5.97 Å². The van der Waals surface area contributed by atoms with Crippen LogP contribution in [-0.2, 0) is 11.2 Å². The average molecular weight is 242 g/mol. The lowest BCUT2D eigenvalue weighted by atomic mass is 10.1. The van der Waals surface area contributed by atoms with Gasteiger partial charge in [-0.05, 0) is 24.6 Å². The van der Waals surface area contributed by atoms with Gasteiger partial charge in [-0.3, -0.25) is 4.79 Å². The molecule has 0 aliphatic carbocycles. The van der Waals surface area contributed by atoms with E-state index in [1.165, 1.54) is 12.1 Å². The number of aromatic amines is 1. The number of carboxylic acid groups (broad SMARTS) is 1. The van der Waals surface area contributed by atoms with Crippen molar-refractivity contribution in [3.8, 4) is 0 Å². The predicted molar refractivity (Wildman–Crippen MR) is 59.3 cm³/mol. The molecule has 0 unspecified atom stereocenters. The van der Waals surface area contributed by atoms with E-state index in [2.05, 4.69) is 4.98 Å². The van der Waals surface area contributed by atoms with E-state index >= 15 is 0 Å². The molecule has 0 bridgehead atoms. The molecule has 2 N–H and O–H groups in total. The van der Waals surface area contributed by atoms with Gasteiger partial charge in [0, 0.05) is 16.6 Å². The summed E-state index contributed by atoms with van der Waals surface area (Å²) in [5, 5.41) is 9.35. The van der Waals surface area contributed by atoms with Crippen molar-refractivity contribution in [2.24, 2.45) is 0 Å². The van der Waals surface area contributed by atoms with Crippen LogP contribution in [0, 0.1) is 12.7 Å². The number of nitrogens with one attached hydrogen (secondary N) is 1. The van der Waals surface area contributed by atoms with Gasteiger partial charge in [0.1, 0.15) is 5.82 Å². The Balaban J connectivity index is 2.68. The highest BCUT2D eigenvalue weighted by atomic mass is 35.5. The molecule has 2 aromatic rings. The molecule has 0 aliphatic rings. The highest BCUT2D eigenvalue weighted by Crippen LogP contribution is 2.27. The van der Waals surface area contributed by atoms with Crippen LogP contribution < -0.4 is 0 Å². The molecule has 1 heterocycles. The molecule has 0 amide bonds. The molecule has 2 rings (SSSR count). The number of carboxylic acids is 1. The third-order valence-corrected chi connectivity index (χ3v) is 2.78. The van der Waals surface area contributed by atoms with E-state index in [4.69, 9.17) is 16.7 Å². The number of rotatable bonds is 2. The van der Waals surface area contributed by atoms with E-state index in [1.807, 2.05) is 0 Å². The standard InChI is InChI=1S/C11H9ClFNO2/c1-5-6(3-11(15)16)7-2-9(13)8(12)4-10(7)14-5/h2,4,14H,3H2,1H3,(H,15,16). The topological polar surface area (TPSA) is 53.1 Å². The van der Waals surface area contributed by atoms with Crippen LogP contribution >= 0.6 is 11.6 Å². The quantitative estimate of drug-likeness (QED) is 0.849. The van der Waals surface area contributed by atoms with Crippen LogP contribution in [0.4, 0.5) is 4.39 Å². The Morgan fingerprint density at radius 1 is 1.56 bits per heavy atom. The predicted octanol–water partition coefficient (Wildman–Crippen LogP) is 2.90. The molecule has 0 aliphatic heterocycles. The maximum atomic E-state index is 13.3. The second kappa shape index (κ2) is 3.79. The second-order valence-corrected chi connectivity index (χ2v) is 4.02. The van der Waals surface area contributed by atoms with Crippen LogP contribution in [0.5, 0.6) is 0 Å². The number of aliphatic carboxylic acids is 1. The zero-order valence-corrected chi connectivity index (χ0v) is 9.23. The van der Waals surface area contributed by atoms with Crippen LogP contribution in [0.25, 0.3) is 10.9 Å². The number of benzene rings is 1. The Morgan fingerprint density at radius 2 is 2.25 bits per heavy atom. The first kappa shape index (κ1) is 11.0. The summed E-state index contributed by atoms with van der Waals surface area (Å²) in [5.41, 5.74) is 1.97. The van der Waals surface area contributed by atoms with E-state index in [0.29, 0.717) is 16.5 Å². The summed E-state index contributed by atoms with van der Waals surface area (Å²) in [4.78, 5) is 13.7. The normalized spacial score (nSPS) is 10.9. The van der Waals surface area contributed by atoms with Crippen molar-refractivity contribution in [3.63, 3.8) is 0 Å². The second-order valence-electron chi connectivity index (χ2n) is 3.61. The highest BCUT2D eigenvalue weighted by Gasteiger charge is 2.13. The van der Waals surface area contributed by atoms with Gasteiger partial charge in [-0.15, -0.1) is 0 Å². The fourth-order valence-electron chi connectivity index (χ4n) is 1.76. The van der Waals surface area contributed by atoms with Gasteiger partial charge in [-0.1, -0.05) is 11.6 Å². The number of aryl methyl sites for hydroxylation is 1. The number of carbonyl (C=O) groups is 1. The number of aromatic nitrogens is 1.